The fraction of sp³-hybridized carbons (Fsp3) is 0.111. The third-order valence-corrected chi connectivity index (χ3v) is 4.29. The van der Waals surface area contributed by atoms with Crippen LogP contribution in [0.1, 0.15) is 4.88 Å². The maximum atomic E-state index is 8.17. The minimum atomic E-state index is 0.384. The van der Waals surface area contributed by atoms with Gasteiger partial charge in [0.1, 0.15) is 16.9 Å². The number of nitrogens with zero attached hydrogens (tertiary/aromatic N) is 2. The second-order valence-corrected chi connectivity index (χ2v) is 6.32. The molecule has 3 rings (SSSR count). The molecule has 24 heavy (non-hydrogen) atoms. The summed E-state index contributed by atoms with van der Waals surface area (Å²) in [6, 6.07) is 19.2. The van der Waals surface area contributed by atoms with E-state index in [9.17, 15) is 0 Å². The normalized spacial score (nSPS) is 11.3. The molecular formula is C18H18N4OS. The monoisotopic (exact) mass is 338 g/mol. The Labute approximate surface area is 144 Å². The van der Waals surface area contributed by atoms with Crippen LogP contribution in [-0.2, 0) is 0 Å². The molecule has 0 aliphatic rings. The quantitative estimate of drug-likeness (QED) is 0.560. The van der Waals surface area contributed by atoms with E-state index in [1.165, 1.54) is 11.5 Å². The second-order valence-electron chi connectivity index (χ2n) is 5.12. The molecule has 0 spiro atoms. The van der Waals surface area contributed by atoms with Crippen LogP contribution in [0.4, 0.5) is 11.4 Å². The first-order valence-electron chi connectivity index (χ1n) is 7.46. The van der Waals surface area contributed by atoms with E-state index in [4.69, 9.17) is 15.1 Å². The van der Waals surface area contributed by atoms with E-state index in [1.807, 2.05) is 67.6 Å². The molecule has 3 aromatic rings. The average Bonchev–Trinajstić information content (AvgIpc) is 2.94. The number of aryl methyl sites for hydroxylation is 1. The van der Waals surface area contributed by atoms with Gasteiger partial charge in [0, 0.05) is 10.6 Å². The summed E-state index contributed by atoms with van der Waals surface area (Å²) in [5, 5.41) is 11.5. The smallest absolute Gasteiger partial charge is 0.223 e. The summed E-state index contributed by atoms with van der Waals surface area (Å²) >= 11 is 1.47. The molecule has 0 unspecified atom stereocenters. The Bertz CT molecular complexity index is 912. The lowest BCUT2D eigenvalue weighted by Crippen LogP contribution is -2.28. The van der Waals surface area contributed by atoms with Gasteiger partial charge in [-0.3, -0.25) is 5.41 Å². The standard InChI is InChI=1S/C18H18N4OS/c1-13-12-17(19)22(24-13)18(20-14-8-4-3-5-9-14)21-15-10-6-7-11-16(15)23-2/h3-12,19H,1-2H3,(H,20,21). The summed E-state index contributed by atoms with van der Waals surface area (Å²) < 4.78 is 7.14. The molecule has 1 heterocycles. The van der Waals surface area contributed by atoms with Crippen molar-refractivity contribution in [3.8, 4) is 5.75 Å². The minimum Gasteiger partial charge on any atom is -0.494 e. The van der Waals surface area contributed by atoms with Gasteiger partial charge in [0.25, 0.3) is 0 Å². The lowest BCUT2D eigenvalue weighted by atomic mass is 10.3. The highest BCUT2D eigenvalue weighted by Crippen LogP contribution is 2.27. The van der Waals surface area contributed by atoms with Gasteiger partial charge >= 0.3 is 0 Å². The van der Waals surface area contributed by atoms with Crippen molar-refractivity contribution in [2.24, 2.45) is 4.99 Å². The van der Waals surface area contributed by atoms with E-state index in [2.05, 4.69) is 5.32 Å². The predicted molar refractivity (Wildman–Crippen MR) is 98.5 cm³/mol. The number of methoxy groups -OCH3 is 1. The van der Waals surface area contributed by atoms with Crippen LogP contribution in [-0.4, -0.2) is 17.0 Å². The molecule has 0 aliphatic carbocycles. The van der Waals surface area contributed by atoms with Crippen molar-refractivity contribution in [2.75, 3.05) is 12.4 Å². The van der Waals surface area contributed by atoms with E-state index in [0.29, 0.717) is 22.9 Å². The van der Waals surface area contributed by atoms with Crippen molar-refractivity contribution in [1.82, 2.24) is 3.96 Å². The van der Waals surface area contributed by atoms with Crippen molar-refractivity contribution >= 4 is 28.9 Å². The fourth-order valence-electron chi connectivity index (χ4n) is 2.24. The Hall–Kier alpha value is -2.86. The number of nitrogens with one attached hydrogen (secondary N) is 2. The molecule has 0 atom stereocenters. The minimum absolute atomic E-state index is 0.384. The van der Waals surface area contributed by atoms with Gasteiger partial charge in [0.2, 0.25) is 5.96 Å². The molecule has 0 saturated heterocycles. The summed E-state index contributed by atoms with van der Waals surface area (Å²) in [6.45, 7) is 1.97. The highest BCUT2D eigenvalue weighted by atomic mass is 32.1. The molecule has 122 valence electrons. The van der Waals surface area contributed by atoms with Gasteiger partial charge in [0.15, 0.2) is 0 Å². The summed E-state index contributed by atoms with van der Waals surface area (Å²) in [5.41, 5.74) is 2.00. The Balaban J connectivity index is 2.09. The number of aromatic nitrogens is 1. The van der Waals surface area contributed by atoms with Crippen molar-refractivity contribution in [3.05, 3.63) is 71.0 Å². The Kier molecular flexibility index (Phi) is 4.77. The number of hydrogen-bond donors (Lipinski definition) is 2. The second kappa shape index (κ2) is 7.14. The first-order chi connectivity index (χ1) is 11.7. The number of ether oxygens (including phenoxy) is 1. The summed E-state index contributed by atoms with van der Waals surface area (Å²) in [5.74, 6) is 1.25. The SMILES string of the molecule is COc1ccccc1N=C(Nc1ccccc1)n1sc(C)cc1=N. The molecule has 0 radical (unpaired) electrons. The number of aliphatic imine (C=N–C) groups is 1. The van der Waals surface area contributed by atoms with Gasteiger partial charge in [-0.25, -0.2) is 8.95 Å². The van der Waals surface area contributed by atoms with Crippen molar-refractivity contribution in [1.29, 1.82) is 5.41 Å². The van der Waals surface area contributed by atoms with Gasteiger partial charge in [-0.15, -0.1) is 0 Å². The zero-order valence-electron chi connectivity index (χ0n) is 13.5. The molecule has 1 aromatic heterocycles. The van der Waals surface area contributed by atoms with Crippen LogP contribution in [0, 0.1) is 12.3 Å². The van der Waals surface area contributed by atoms with Crippen molar-refractivity contribution < 1.29 is 4.74 Å². The van der Waals surface area contributed by atoms with E-state index in [1.54, 1.807) is 11.1 Å². The number of rotatable bonds is 3. The summed E-state index contributed by atoms with van der Waals surface area (Å²) in [6.07, 6.45) is 0. The highest BCUT2D eigenvalue weighted by molar-refractivity contribution is 7.07. The molecule has 2 aromatic carbocycles. The van der Waals surface area contributed by atoms with Crippen LogP contribution < -0.4 is 15.5 Å². The molecule has 6 heteroatoms. The van der Waals surface area contributed by atoms with Crippen LogP contribution in [0.25, 0.3) is 0 Å². The molecule has 0 saturated carbocycles. The number of para-hydroxylation sites is 3. The molecule has 0 amide bonds. The Morgan fingerprint density at radius 1 is 1.12 bits per heavy atom. The van der Waals surface area contributed by atoms with Gasteiger partial charge in [0.05, 0.1) is 7.11 Å². The number of anilines is 1. The van der Waals surface area contributed by atoms with Gasteiger partial charge in [-0.2, -0.15) is 0 Å². The van der Waals surface area contributed by atoms with Crippen LogP contribution in [0.3, 0.4) is 0 Å². The first kappa shape index (κ1) is 16.0. The van der Waals surface area contributed by atoms with E-state index in [0.717, 1.165) is 10.6 Å². The van der Waals surface area contributed by atoms with Gasteiger partial charge in [-0.1, -0.05) is 41.9 Å². The Morgan fingerprint density at radius 3 is 2.50 bits per heavy atom. The van der Waals surface area contributed by atoms with Crippen LogP contribution in [0.5, 0.6) is 5.75 Å². The van der Waals surface area contributed by atoms with E-state index < -0.39 is 0 Å². The van der Waals surface area contributed by atoms with E-state index >= 15 is 0 Å². The maximum Gasteiger partial charge on any atom is 0.223 e. The van der Waals surface area contributed by atoms with Crippen LogP contribution >= 0.6 is 11.5 Å². The zero-order chi connectivity index (χ0) is 16.9. The molecule has 2 N–H and O–H groups in total. The zero-order valence-corrected chi connectivity index (χ0v) is 14.3. The Morgan fingerprint density at radius 2 is 1.83 bits per heavy atom. The fourth-order valence-corrected chi connectivity index (χ4v) is 3.02. The summed E-state index contributed by atoms with van der Waals surface area (Å²) in [7, 11) is 1.62. The van der Waals surface area contributed by atoms with Gasteiger partial charge in [-0.05, 0) is 37.3 Å². The molecular weight excluding hydrogens is 320 g/mol. The number of benzene rings is 2. The van der Waals surface area contributed by atoms with E-state index in [-0.39, 0.29) is 0 Å². The molecule has 0 fully saturated rings. The van der Waals surface area contributed by atoms with Gasteiger partial charge < -0.3 is 10.1 Å². The van der Waals surface area contributed by atoms with Crippen molar-refractivity contribution in [3.63, 3.8) is 0 Å². The van der Waals surface area contributed by atoms with Crippen LogP contribution in [0.15, 0.2) is 65.7 Å². The third kappa shape index (κ3) is 3.55. The topological polar surface area (TPSA) is 62.4 Å². The van der Waals surface area contributed by atoms with Crippen LogP contribution in [0.2, 0.25) is 0 Å². The van der Waals surface area contributed by atoms with Crippen molar-refractivity contribution in [2.45, 2.75) is 6.92 Å². The third-order valence-electron chi connectivity index (χ3n) is 3.33. The first-order valence-corrected chi connectivity index (χ1v) is 8.23. The lowest BCUT2D eigenvalue weighted by Gasteiger charge is -2.11. The lowest BCUT2D eigenvalue weighted by molar-refractivity contribution is 0.416. The largest absolute Gasteiger partial charge is 0.494 e. The summed E-state index contributed by atoms with van der Waals surface area (Å²) in [4.78, 5) is 5.75. The number of hydrogen-bond acceptors (Lipinski definition) is 4. The average molecular weight is 338 g/mol. The maximum absolute atomic E-state index is 8.17. The highest BCUT2D eigenvalue weighted by Gasteiger charge is 2.09. The molecule has 0 bridgehead atoms. The molecule has 0 aliphatic heterocycles. The molecule has 5 nitrogen and oxygen atoms in total. The predicted octanol–water partition coefficient (Wildman–Crippen LogP) is 3.99.